The van der Waals surface area contributed by atoms with Crippen LogP contribution in [0.25, 0.3) is 0 Å². The van der Waals surface area contributed by atoms with Crippen LogP contribution in [-0.2, 0) is 4.74 Å². The third-order valence-electron chi connectivity index (χ3n) is 3.85. The molecule has 110 valence electrons. The lowest BCUT2D eigenvalue weighted by Crippen LogP contribution is -2.45. The third-order valence-corrected chi connectivity index (χ3v) is 3.85. The average Bonchev–Trinajstić information content (AvgIpc) is 2.81. The Morgan fingerprint density at radius 1 is 1.50 bits per heavy atom. The van der Waals surface area contributed by atoms with Crippen molar-refractivity contribution >= 4 is 5.95 Å². The van der Waals surface area contributed by atoms with Crippen LogP contribution in [0.1, 0.15) is 20.3 Å². The molecule has 1 aromatic rings. The number of rotatable bonds is 4. The number of ether oxygens (including phenoxy) is 2. The lowest BCUT2D eigenvalue weighted by molar-refractivity contribution is -0.0390. The highest BCUT2D eigenvalue weighted by atomic mass is 16.5. The molecule has 20 heavy (non-hydrogen) atoms. The van der Waals surface area contributed by atoms with Crippen molar-refractivity contribution in [3.8, 4) is 5.88 Å². The summed E-state index contributed by atoms with van der Waals surface area (Å²) in [5, 5.41) is 3.41. The normalized spacial score (nSPS) is 30.0. The summed E-state index contributed by atoms with van der Waals surface area (Å²) < 4.78 is 11.1. The highest BCUT2D eigenvalue weighted by molar-refractivity contribution is 5.29. The Balaban J connectivity index is 1.60. The number of aromatic nitrogens is 2. The van der Waals surface area contributed by atoms with Gasteiger partial charge in [-0.2, -0.15) is 4.98 Å². The molecule has 0 radical (unpaired) electrons. The molecule has 0 saturated carbocycles. The van der Waals surface area contributed by atoms with Gasteiger partial charge in [-0.1, -0.05) is 0 Å². The van der Waals surface area contributed by atoms with Gasteiger partial charge >= 0.3 is 0 Å². The fourth-order valence-corrected chi connectivity index (χ4v) is 2.97. The maximum atomic E-state index is 5.72. The molecular weight excluding hydrogens is 256 g/mol. The molecule has 2 aliphatic rings. The lowest BCUT2D eigenvalue weighted by atomic mass is 10.1. The standard InChI is InChI=1S/C14H22N4O2/c1-3-19-13-4-5-15-14(17-13)16-11-6-12-9-20-10(2)7-18(12)8-11/h4-5,10-12H,3,6-9H2,1-2H3,(H,15,16,17)/t10-,11+,12+/m1/s1. The highest BCUT2D eigenvalue weighted by Gasteiger charge is 2.36. The molecule has 6 heteroatoms. The summed E-state index contributed by atoms with van der Waals surface area (Å²) in [5.41, 5.74) is 0. The van der Waals surface area contributed by atoms with E-state index in [1.165, 1.54) is 0 Å². The number of nitrogens with one attached hydrogen (secondary N) is 1. The minimum atomic E-state index is 0.336. The Morgan fingerprint density at radius 2 is 2.40 bits per heavy atom. The quantitative estimate of drug-likeness (QED) is 0.891. The van der Waals surface area contributed by atoms with E-state index in [9.17, 15) is 0 Å². The van der Waals surface area contributed by atoms with Gasteiger partial charge in [-0.3, -0.25) is 4.90 Å². The molecule has 1 aromatic heterocycles. The van der Waals surface area contributed by atoms with E-state index >= 15 is 0 Å². The van der Waals surface area contributed by atoms with Crippen LogP contribution in [-0.4, -0.2) is 59.4 Å². The molecule has 0 aromatic carbocycles. The van der Waals surface area contributed by atoms with Gasteiger partial charge in [-0.05, 0) is 20.3 Å². The number of morpholine rings is 1. The van der Waals surface area contributed by atoms with E-state index in [0.717, 1.165) is 26.1 Å². The first-order chi connectivity index (χ1) is 9.74. The van der Waals surface area contributed by atoms with E-state index in [1.54, 1.807) is 12.3 Å². The minimum absolute atomic E-state index is 0.336. The molecule has 6 nitrogen and oxygen atoms in total. The van der Waals surface area contributed by atoms with E-state index in [-0.39, 0.29) is 0 Å². The summed E-state index contributed by atoms with van der Waals surface area (Å²) in [5.74, 6) is 1.27. The molecule has 3 atom stereocenters. The summed E-state index contributed by atoms with van der Waals surface area (Å²) in [6.07, 6.45) is 3.14. The van der Waals surface area contributed by atoms with Gasteiger partial charge in [0.1, 0.15) is 0 Å². The Labute approximate surface area is 119 Å². The zero-order valence-electron chi connectivity index (χ0n) is 12.1. The summed E-state index contributed by atoms with van der Waals surface area (Å²) in [6.45, 7) is 7.57. The highest BCUT2D eigenvalue weighted by Crippen LogP contribution is 2.24. The summed E-state index contributed by atoms with van der Waals surface area (Å²) in [4.78, 5) is 11.1. The van der Waals surface area contributed by atoms with Gasteiger partial charge in [0, 0.05) is 37.4 Å². The Kier molecular flexibility index (Phi) is 4.03. The van der Waals surface area contributed by atoms with Crippen molar-refractivity contribution in [1.29, 1.82) is 0 Å². The third kappa shape index (κ3) is 3.02. The zero-order chi connectivity index (χ0) is 13.9. The molecule has 0 unspecified atom stereocenters. The van der Waals surface area contributed by atoms with E-state index in [4.69, 9.17) is 9.47 Å². The fourth-order valence-electron chi connectivity index (χ4n) is 2.97. The van der Waals surface area contributed by atoms with Gasteiger partial charge in [0.2, 0.25) is 11.8 Å². The van der Waals surface area contributed by atoms with Gasteiger partial charge in [0.15, 0.2) is 0 Å². The molecule has 2 saturated heterocycles. The van der Waals surface area contributed by atoms with Gasteiger partial charge in [-0.25, -0.2) is 4.98 Å². The van der Waals surface area contributed by atoms with Crippen molar-refractivity contribution in [2.24, 2.45) is 0 Å². The SMILES string of the molecule is CCOc1ccnc(N[C@H]2C[C@H]3CO[C@H](C)CN3C2)n1. The summed E-state index contributed by atoms with van der Waals surface area (Å²) in [7, 11) is 0. The monoisotopic (exact) mass is 278 g/mol. The van der Waals surface area contributed by atoms with E-state index in [2.05, 4.69) is 27.1 Å². The maximum absolute atomic E-state index is 5.72. The molecule has 0 aliphatic carbocycles. The van der Waals surface area contributed by atoms with E-state index < -0.39 is 0 Å². The predicted octanol–water partition coefficient (Wildman–Crippen LogP) is 1.15. The largest absolute Gasteiger partial charge is 0.478 e. The van der Waals surface area contributed by atoms with Gasteiger partial charge in [0.25, 0.3) is 0 Å². The second kappa shape index (κ2) is 5.93. The molecule has 1 N–H and O–H groups in total. The first kappa shape index (κ1) is 13.6. The van der Waals surface area contributed by atoms with Crippen LogP contribution in [0.3, 0.4) is 0 Å². The van der Waals surface area contributed by atoms with Crippen LogP contribution in [0.15, 0.2) is 12.3 Å². The average molecular weight is 278 g/mol. The molecule has 0 bridgehead atoms. The maximum Gasteiger partial charge on any atom is 0.226 e. The topological polar surface area (TPSA) is 59.5 Å². The van der Waals surface area contributed by atoms with E-state index in [0.29, 0.717) is 36.6 Å². The van der Waals surface area contributed by atoms with Crippen molar-refractivity contribution in [2.75, 3.05) is 31.6 Å². The molecule has 2 fully saturated rings. The number of fused-ring (bicyclic) bond motifs is 1. The second-order valence-corrected chi connectivity index (χ2v) is 5.48. The van der Waals surface area contributed by atoms with Crippen LogP contribution >= 0.6 is 0 Å². The summed E-state index contributed by atoms with van der Waals surface area (Å²) in [6, 6.07) is 2.69. The first-order valence-corrected chi connectivity index (χ1v) is 7.32. The second-order valence-electron chi connectivity index (χ2n) is 5.48. The Morgan fingerprint density at radius 3 is 3.25 bits per heavy atom. The summed E-state index contributed by atoms with van der Waals surface area (Å²) >= 11 is 0. The molecule has 3 heterocycles. The van der Waals surface area contributed by atoms with Crippen LogP contribution in [0.2, 0.25) is 0 Å². The smallest absolute Gasteiger partial charge is 0.226 e. The van der Waals surface area contributed by atoms with Crippen LogP contribution in [0, 0.1) is 0 Å². The van der Waals surface area contributed by atoms with Gasteiger partial charge < -0.3 is 14.8 Å². The Hall–Kier alpha value is -1.40. The zero-order valence-corrected chi connectivity index (χ0v) is 12.1. The Bertz CT molecular complexity index is 457. The van der Waals surface area contributed by atoms with Gasteiger partial charge in [-0.15, -0.1) is 0 Å². The van der Waals surface area contributed by atoms with Crippen molar-refractivity contribution in [2.45, 2.75) is 38.5 Å². The number of nitrogens with zero attached hydrogens (tertiary/aromatic N) is 3. The van der Waals surface area contributed by atoms with Crippen molar-refractivity contribution < 1.29 is 9.47 Å². The molecular formula is C14H22N4O2. The number of hydrogen-bond acceptors (Lipinski definition) is 6. The first-order valence-electron chi connectivity index (χ1n) is 7.32. The van der Waals surface area contributed by atoms with E-state index in [1.807, 2.05) is 6.92 Å². The number of hydrogen-bond donors (Lipinski definition) is 1. The van der Waals surface area contributed by atoms with Gasteiger partial charge in [0.05, 0.1) is 19.3 Å². The molecule has 3 rings (SSSR count). The lowest BCUT2D eigenvalue weighted by Gasteiger charge is -2.33. The fraction of sp³-hybridized carbons (Fsp3) is 0.714. The van der Waals surface area contributed by atoms with Crippen molar-refractivity contribution in [3.05, 3.63) is 12.3 Å². The van der Waals surface area contributed by atoms with Crippen LogP contribution in [0.5, 0.6) is 5.88 Å². The van der Waals surface area contributed by atoms with Crippen LogP contribution in [0.4, 0.5) is 5.95 Å². The predicted molar refractivity (Wildman–Crippen MR) is 76.0 cm³/mol. The number of anilines is 1. The minimum Gasteiger partial charge on any atom is -0.478 e. The molecule has 2 aliphatic heterocycles. The molecule has 0 spiro atoms. The van der Waals surface area contributed by atoms with Crippen molar-refractivity contribution in [1.82, 2.24) is 14.9 Å². The van der Waals surface area contributed by atoms with Crippen LogP contribution < -0.4 is 10.1 Å². The molecule has 0 amide bonds. The van der Waals surface area contributed by atoms with Crippen molar-refractivity contribution in [3.63, 3.8) is 0 Å².